The number of ether oxygens (including phenoxy) is 1. The molecule has 0 N–H and O–H groups in total. The molecule has 16 heavy (non-hydrogen) atoms. The molecule has 0 atom stereocenters. The maximum absolute atomic E-state index is 5.60. The highest BCUT2D eigenvalue weighted by atomic mass is 16.5. The number of hydrogen-bond acceptors (Lipinski definition) is 1. The standard InChI is InChI=1S/C15H12O/c1-2-5-12(6-3-1)14-9-8-13-7-4-10-16-15(13)11-14/h1-9,11H,10H2. The van der Waals surface area contributed by atoms with Crippen molar-refractivity contribution < 1.29 is 4.74 Å². The van der Waals surface area contributed by atoms with Crippen molar-refractivity contribution in [3.63, 3.8) is 0 Å². The number of benzene rings is 2. The monoisotopic (exact) mass is 208 g/mol. The van der Waals surface area contributed by atoms with Gasteiger partial charge >= 0.3 is 0 Å². The fraction of sp³-hybridized carbons (Fsp3) is 0.0667. The molecule has 0 aliphatic carbocycles. The summed E-state index contributed by atoms with van der Waals surface area (Å²) in [7, 11) is 0. The normalized spacial score (nSPS) is 13.0. The van der Waals surface area contributed by atoms with E-state index in [-0.39, 0.29) is 0 Å². The Balaban J connectivity index is 2.07. The van der Waals surface area contributed by atoms with Gasteiger partial charge in [-0.05, 0) is 23.3 Å². The van der Waals surface area contributed by atoms with Crippen LogP contribution in [0.15, 0.2) is 54.6 Å². The largest absolute Gasteiger partial charge is 0.489 e. The third kappa shape index (κ3) is 1.61. The minimum atomic E-state index is 0.672. The van der Waals surface area contributed by atoms with E-state index in [0.717, 1.165) is 11.3 Å². The molecule has 0 saturated heterocycles. The Labute approximate surface area is 95.0 Å². The van der Waals surface area contributed by atoms with Gasteiger partial charge in [-0.2, -0.15) is 0 Å². The quantitative estimate of drug-likeness (QED) is 0.693. The summed E-state index contributed by atoms with van der Waals surface area (Å²) in [5.74, 6) is 0.976. The molecule has 1 heterocycles. The van der Waals surface area contributed by atoms with Crippen molar-refractivity contribution in [1.82, 2.24) is 0 Å². The number of fused-ring (bicyclic) bond motifs is 1. The van der Waals surface area contributed by atoms with Crippen molar-refractivity contribution >= 4 is 6.08 Å². The van der Waals surface area contributed by atoms with Gasteiger partial charge in [0.15, 0.2) is 0 Å². The zero-order valence-corrected chi connectivity index (χ0v) is 8.89. The summed E-state index contributed by atoms with van der Waals surface area (Å²) in [6.45, 7) is 0.672. The van der Waals surface area contributed by atoms with Gasteiger partial charge in [0.1, 0.15) is 12.4 Å². The maximum Gasteiger partial charge on any atom is 0.127 e. The molecule has 0 saturated carbocycles. The van der Waals surface area contributed by atoms with Crippen LogP contribution in [0.3, 0.4) is 0 Å². The number of hydrogen-bond donors (Lipinski definition) is 0. The molecule has 0 spiro atoms. The van der Waals surface area contributed by atoms with Crippen molar-refractivity contribution in [2.45, 2.75) is 0 Å². The van der Waals surface area contributed by atoms with Crippen molar-refractivity contribution in [2.24, 2.45) is 0 Å². The summed E-state index contributed by atoms with van der Waals surface area (Å²) in [5.41, 5.74) is 3.59. The zero-order chi connectivity index (χ0) is 10.8. The lowest BCUT2D eigenvalue weighted by molar-refractivity contribution is 0.359. The molecular weight excluding hydrogens is 196 g/mol. The van der Waals surface area contributed by atoms with E-state index < -0.39 is 0 Å². The van der Waals surface area contributed by atoms with Crippen LogP contribution in [0.1, 0.15) is 5.56 Å². The molecule has 3 rings (SSSR count). The summed E-state index contributed by atoms with van der Waals surface area (Å²) in [6.07, 6.45) is 4.14. The van der Waals surface area contributed by atoms with Gasteiger partial charge in [-0.15, -0.1) is 0 Å². The average molecular weight is 208 g/mol. The molecule has 0 aromatic heterocycles. The highest BCUT2D eigenvalue weighted by molar-refractivity contribution is 5.70. The molecule has 1 heteroatoms. The molecule has 0 radical (unpaired) electrons. The van der Waals surface area contributed by atoms with Gasteiger partial charge in [0.2, 0.25) is 0 Å². The third-order valence-corrected chi connectivity index (χ3v) is 2.75. The van der Waals surface area contributed by atoms with Gasteiger partial charge in [-0.25, -0.2) is 0 Å². The Morgan fingerprint density at radius 3 is 2.62 bits per heavy atom. The molecule has 0 amide bonds. The van der Waals surface area contributed by atoms with Crippen LogP contribution in [0.2, 0.25) is 0 Å². The fourth-order valence-corrected chi connectivity index (χ4v) is 1.92. The van der Waals surface area contributed by atoms with E-state index in [1.165, 1.54) is 11.1 Å². The van der Waals surface area contributed by atoms with E-state index in [0.29, 0.717) is 6.61 Å². The molecule has 0 bridgehead atoms. The van der Waals surface area contributed by atoms with Gasteiger partial charge in [0.05, 0.1) is 0 Å². The Bertz CT molecular complexity index is 526. The van der Waals surface area contributed by atoms with Crippen molar-refractivity contribution in [1.29, 1.82) is 0 Å². The second-order valence-electron chi connectivity index (χ2n) is 3.83. The maximum atomic E-state index is 5.60. The third-order valence-electron chi connectivity index (χ3n) is 2.75. The Morgan fingerprint density at radius 2 is 1.75 bits per heavy atom. The van der Waals surface area contributed by atoms with Crippen molar-refractivity contribution in [2.75, 3.05) is 6.61 Å². The van der Waals surface area contributed by atoms with Gasteiger partial charge in [-0.3, -0.25) is 0 Å². The molecule has 1 aliphatic rings. The minimum Gasteiger partial charge on any atom is -0.489 e. The molecule has 1 aliphatic heterocycles. The molecule has 2 aromatic rings. The summed E-state index contributed by atoms with van der Waals surface area (Å²) in [4.78, 5) is 0. The van der Waals surface area contributed by atoms with Crippen LogP contribution >= 0.6 is 0 Å². The first-order valence-electron chi connectivity index (χ1n) is 5.42. The summed E-state index contributed by atoms with van der Waals surface area (Å²) in [5, 5.41) is 0. The van der Waals surface area contributed by atoms with E-state index in [1.54, 1.807) is 0 Å². The molecule has 0 fully saturated rings. The molecule has 78 valence electrons. The van der Waals surface area contributed by atoms with Crippen LogP contribution in [-0.4, -0.2) is 6.61 Å². The van der Waals surface area contributed by atoms with E-state index >= 15 is 0 Å². The zero-order valence-electron chi connectivity index (χ0n) is 8.89. The van der Waals surface area contributed by atoms with E-state index in [2.05, 4.69) is 48.5 Å². The Kier molecular flexibility index (Phi) is 2.22. The Morgan fingerprint density at radius 1 is 0.875 bits per heavy atom. The minimum absolute atomic E-state index is 0.672. The predicted octanol–water partition coefficient (Wildman–Crippen LogP) is 3.76. The fourth-order valence-electron chi connectivity index (χ4n) is 1.92. The number of rotatable bonds is 1. The van der Waals surface area contributed by atoms with E-state index in [9.17, 15) is 0 Å². The highest BCUT2D eigenvalue weighted by Crippen LogP contribution is 2.29. The SMILES string of the molecule is C1=Cc2ccc(-c3ccccc3)cc2OC1. The van der Waals surface area contributed by atoms with Gasteiger partial charge < -0.3 is 4.74 Å². The molecule has 1 nitrogen and oxygen atoms in total. The van der Waals surface area contributed by atoms with Crippen molar-refractivity contribution in [3.05, 3.63) is 60.2 Å². The predicted molar refractivity (Wildman–Crippen MR) is 66.4 cm³/mol. The lowest BCUT2D eigenvalue weighted by Crippen LogP contribution is -1.99. The van der Waals surface area contributed by atoms with E-state index in [1.807, 2.05) is 12.1 Å². The van der Waals surface area contributed by atoms with E-state index in [4.69, 9.17) is 4.74 Å². The highest BCUT2D eigenvalue weighted by Gasteiger charge is 2.06. The molecular formula is C15H12O. The van der Waals surface area contributed by atoms with Gasteiger partial charge in [-0.1, -0.05) is 48.5 Å². The second kappa shape index (κ2) is 3.86. The average Bonchev–Trinajstić information content (AvgIpc) is 2.39. The first kappa shape index (κ1) is 9.22. The summed E-state index contributed by atoms with van der Waals surface area (Å²) >= 11 is 0. The van der Waals surface area contributed by atoms with Crippen molar-refractivity contribution in [3.8, 4) is 16.9 Å². The summed E-state index contributed by atoms with van der Waals surface area (Å²) < 4.78 is 5.60. The summed E-state index contributed by atoms with van der Waals surface area (Å²) in [6, 6.07) is 16.7. The van der Waals surface area contributed by atoms with Crippen LogP contribution in [0.4, 0.5) is 0 Å². The first-order valence-corrected chi connectivity index (χ1v) is 5.42. The van der Waals surface area contributed by atoms with Crippen LogP contribution in [0.5, 0.6) is 5.75 Å². The van der Waals surface area contributed by atoms with Crippen LogP contribution in [0.25, 0.3) is 17.2 Å². The van der Waals surface area contributed by atoms with Gasteiger partial charge in [0, 0.05) is 5.56 Å². The molecule has 0 unspecified atom stereocenters. The lowest BCUT2D eigenvalue weighted by Gasteiger charge is -2.13. The lowest BCUT2D eigenvalue weighted by atomic mass is 10.0. The van der Waals surface area contributed by atoms with Crippen LogP contribution in [-0.2, 0) is 0 Å². The van der Waals surface area contributed by atoms with Gasteiger partial charge in [0.25, 0.3) is 0 Å². The Hall–Kier alpha value is -2.02. The second-order valence-corrected chi connectivity index (χ2v) is 3.83. The smallest absolute Gasteiger partial charge is 0.127 e. The van der Waals surface area contributed by atoms with Crippen LogP contribution in [0, 0.1) is 0 Å². The van der Waals surface area contributed by atoms with Crippen LogP contribution < -0.4 is 4.74 Å². The molecule has 2 aromatic carbocycles. The first-order chi connectivity index (χ1) is 7.93. The topological polar surface area (TPSA) is 9.23 Å².